The van der Waals surface area contributed by atoms with Gasteiger partial charge in [0.1, 0.15) is 0 Å². The molecule has 0 radical (unpaired) electrons. The van der Waals surface area contributed by atoms with Gasteiger partial charge in [0.25, 0.3) is 0 Å². The monoisotopic (exact) mass is 924 g/mol. The fraction of sp³-hybridized carbons (Fsp3) is 0.640. The number of aryl methyl sites for hydroxylation is 3. The molecule has 0 fully saturated rings. The van der Waals surface area contributed by atoms with Crippen molar-refractivity contribution in [3.8, 4) is 20.9 Å². The minimum absolute atomic E-state index is 0.796. The Morgan fingerprint density at radius 3 is 1.40 bits per heavy atom. The van der Waals surface area contributed by atoms with E-state index in [0.717, 1.165) is 11.8 Å². The van der Waals surface area contributed by atoms with Crippen LogP contribution in [0.2, 0.25) is 14.8 Å². The minimum Gasteiger partial charge on any atom is -0.0654 e. The summed E-state index contributed by atoms with van der Waals surface area (Å²) in [6, 6.07) is 10.7. The molecule has 0 amide bonds. The molecule has 0 bridgehead atoms. The molecule has 304 valence electrons. The van der Waals surface area contributed by atoms with Crippen molar-refractivity contribution in [2.45, 2.75) is 192 Å². The molecule has 0 aliphatic heterocycles. The first-order valence-electron chi connectivity index (χ1n) is 22.8. The summed E-state index contributed by atoms with van der Waals surface area (Å²) in [5, 5.41) is 3.09. The molecular weight excluding hydrogens is 848 g/mol. The van der Waals surface area contributed by atoms with Gasteiger partial charge >= 0.3 is 334 Å². The molecule has 5 rings (SSSR count). The molecule has 0 saturated heterocycles. The number of benzene rings is 1. The first-order chi connectivity index (χ1) is 26.6. The summed E-state index contributed by atoms with van der Waals surface area (Å²) in [6.07, 6.45) is 26.4. The SMILES string of the molecule is CCCCCCc1sc(-c2c3c[c]([Sn]([CH3])([CH3])[CH3])sc3c(-c3cc(CC(CC)CCCC)c(CCCCCC)s3)c3cc(C)sc23)cc1CC(CC)CCCC. The zero-order chi connectivity index (χ0) is 39.5. The average molecular weight is 924 g/mol. The Labute approximate surface area is 358 Å². The predicted octanol–water partition coefficient (Wildman–Crippen LogP) is 18.2. The number of fused-ring (bicyclic) bond motifs is 2. The van der Waals surface area contributed by atoms with Crippen LogP contribution < -0.4 is 2.89 Å². The third kappa shape index (κ3) is 11.8. The molecule has 4 aromatic heterocycles. The third-order valence-electron chi connectivity index (χ3n) is 12.2. The molecular formula is C50H76S4Sn. The molecule has 0 aliphatic carbocycles. The summed E-state index contributed by atoms with van der Waals surface area (Å²) in [6.45, 7) is 16.6. The van der Waals surface area contributed by atoms with Gasteiger partial charge in [0.2, 0.25) is 0 Å². The summed E-state index contributed by atoms with van der Waals surface area (Å²) in [5.74, 6) is 1.59. The van der Waals surface area contributed by atoms with Crippen molar-refractivity contribution < 1.29 is 0 Å². The van der Waals surface area contributed by atoms with Crippen molar-refractivity contribution in [3.63, 3.8) is 0 Å². The summed E-state index contributed by atoms with van der Waals surface area (Å²) in [4.78, 5) is 15.8. The Hall–Kier alpha value is -0.661. The zero-order valence-electron chi connectivity index (χ0n) is 36.7. The van der Waals surface area contributed by atoms with E-state index >= 15 is 0 Å². The number of hydrogen-bond acceptors (Lipinski definition) is 4. The van der Waals surface area contributed by atoms with Crippen molar-refractivity contribution in [1.82, 2.24) is 0 Å². The third-order valence-corrected chi connectivity index (χ3v) is 26.4. The predicted molar refractivity (Wildman–Crippen MR) is 261 cm³/mol. The second kappa shape index (κ2) is 22.1. The molecule has 5 heteroatoms. The van der Waals surface area contributed by atoms with Gasteiger partial charge in [0, 0.05) is 0 Å². The van der Waals surface area contributed by atoms with Gasteiger partial charge in [-0.3, -0.25) is 0 Å². The van der Waals surface area contributed by atoms with E-state index in [9.17, 15) is 0 Å². The van der Waals surface area contributed by atoms with Crippen molar-refractivity contribution in [2.24, 2.45) is 11.8 Å². The zero-order valence-corrected chi connectivity index (χ0v) is 42.9. The van der Waals surface area contributed by atoms with Gasteiger partial charge in [-0.2, -0.15) is 0 Å². The van der Waals surface area contributed by atoms with E-state index in [0.29, 0.717) is 0 Å². The Bertz CT molecular complexity index is 1780. The van der Waals surface area contributed by atoms with Crippen LogP contribution in [0.4, 0.5) is 0 Å². The molecule has 55 heavy (non-hydrogen) atoms. The maximum atomic E-state index is 2.72. The summed E-state index contributed by atoms with van der Waals surface area (Å²) >= 11 is 6.21. The van der Waals surface area contributed by atoms with Crippen LogP contribution in [0.25, 0.3) is 41.1 Å². The van der Waals surface area contributed by atoms with E-state index in [1.54, 1.807) is 59.4 Å². The van der Waals surface area contributed by atoms with Gasteiger partial charge in [-0.05, 0) is 0 Å². The van der Waals surface area contributed by atoms with Crippen molar-refractivity contribution in [2.75, 3.05) is 0 Å². The Kier molecular flexibility index (Phi) is 18.2. The molecule has 0 nitrogen and oxygen atoms in total. The number of rotatable bonds is 25. The molecule has 0 saturated carbocycles. The molecule has 4 heterocycles. The van der Waals surface area contributed by atoms with E-state index in [2.05, 4.69) is 133 Å². The second-order valence-corrected chi connectivity index (χ2v) is 37.9. The van der Waals surface area contributed by atoms with E-state index < -0.39 is 18.4 Å². The van der Waals surface area contributed by atoms with Gasteiger partial charge in [-0.15, -0.1) is 0 Å². The van der Waals surface area contributed by atoms with E-state index in [1.165, 1.54) is 139 Å². The van der Waals surface area contributed by atoms with E-state index in [-0.39, 0.29) is 0 Å². The number of thiophene rings is 4. The topological polar surface area (TPSA) is 0 Å². The molecule has 0 aliphatic rings. The molecule has 5 aromatic rings. The van der Waals surface area contributed by atoms with E-state index in [4.69, 9.17) is 0 Å². The van der Waals surface area contributed by atoms with Gasteiger partial charge < -0.3 is 0 Å². The molecule has 0 N–H and O–H groups in total. The average Bonchev–Trinajstić information content (AvgIpc) is 3.96. The summed E-state index contributed by atoms with van der Waals surface area (Å²) in [5.41, 5.74) is 6.49. The van der Waals surface area contributed by atoms with Gasteiger partial charge in [0.05, 0.1) is 0 Å². The summed E-state index contributed by atoms with van der Waals surface area (Å²) in [7, 11) is 0. The fourth-order valence-electron chi connectivity index (χ4n) is 8.63. The maximum absolute atomic E-state index is 2.72. The van der Waals surface area contributed by atoms with Crippen LogP contribution in [0.3, 0.4) is 0 Å². The van der Waals surface area contributed by atoms with Crippen LogP contribution >= 0.6 is 45.3 Å². The molecule has 2 unspecified atom stereocenters. The first-order valence-corrected chi connectivity index (χ1v) is 36.1. The van der Waals surface area contributed by atoms with Crippen LogP contribution in [-0.4, -0.2) is 18.4 Å². The van der Waals surface area contributed by atoms with Gasteiger partial charge in [-0.25, -0.2) is 0 Å². The molecule has 2 atom stereocenters. The summed E-state index contributed by atoms with van der Waals surface area (Å²) < 4.78 is 4.86. The van der Waals surface area contributed by atoms with Crippen LogP contribution in [0.5, 0.6) is 0 Å². The Morgan fingerprint density at radius 1 is 0.509 bits per heavy atom. The van der Waals surface area contributed by atoms with Crippen molar-refractivity contribution >= 4 is 86.8 Å². The van der Waals surface area contributed by atoms with Crippen LogP contribution in [-0.2, 0) is 25.7 Å². The van der Waals surface area contributed by atoms with Crippen LogP contribution in [0.15, 0.2) is 24.3 Å². The first kappa shape index (κ1) is 45.4. The van der Waals surface area contributed by atoms with Crippen molar-refractivity contribution in [1.29, 1.82) is 0 Å². The normalized spacial score (nSPS) is 13.5. The second-order valence-electron chi connectivity index (χ2n) is 17.9. The number of hydrogen-bond donors (Lipinski definition) is 0. The Morgan fingerprint density at radius 2 is 0.964 bits per heavy atom. The minimum atomic E-state index is -2.39. The quantitative estimate of drug-likeness (QED) is 0.0404. The van der Waals surface area contributed by atoms with Crippen molar-refractivity contribution in [3.05, 3.63) is 50.0 Å². The Balaban J connectivity index is 1.71. The fourth-order valence-corrected chi connectivity index (χ4v) is 18.9. The van der Waals surface area contributed by atoms with Crippen LogP contribution in [0.1, 0.15) is 170 Å². The van der Waals surface area contributed by atoms with Gasteiger partial charge in [-0.1, -0.05) is 27.7 Å². The molecule has 1 aromatic carbocycles. The van der Waals surface area contributed by atoms with Crippen LogP contribution in [0, 0.1) is 18.8 Å². The standard InChI is InChI=1S/C47H67S4.3CH3.Sn/c1-8-14-18-20-24-40-36(29-34(12-5)22-16-10-3)31-42(50-40)44-38-26-27-48-46(38)45(39-28-33(7)49-47(39)44)43-32-37(30-35(13-6)23-17-11-4)41(51-43)25-21-19-15-9-2;;;;/h26,28,31-32,34-35H,8-25,29-30H2,1-7H3;3*1H3;. The van der Waals surface area contributed by atoms with Gasteiger partial charge in [0.15, 0.2) is 0 Å². The molecule has 0 spiro atoms. The van der Waals surface area contributed by atoms with E-state index in [1.807, 2.05) is 0 Å². The number of unbranched alkanes of at least 4 members (excludes halogenated alkanes) is 8. The smallest absolute Gasteiger partial charge is 0.0654 e.